The Labute approximate surface area is 244 Å². The van der Waals surface area contributed by atoms with Gasteiger partial charge in [0.05, 0.1) is 11.8 Å². The van der Waals surface area contributed by atoms with Crippen LogP contribution in [0.2, 0.25) is 0 Å². The van der Waals surface area contributed by atoms with Crippen LogP contribution in [0.5, 0.6) is 11.5 Å². The van der Waals surface area contributed by atoms with Gasteiger partial charge < -0.3 is 29.7 Å². The normalized spacial score (nSPS) is 26.2. The molecule has 9 heteroatoms. The first kappa shape index (κ1) is 33.8. The number of aromatic hydroxyl groups is 2. The fraction of sp³-hybridized carbons (Fsp3) is 0.531. The van der Waals surface area contributed by atoms with Crippen molar-refractivity contribution in [1.82, 2.24) is 0 Å². The Hall–Kier alpha value is -3.43. The Bertz CT molecular complexity index is 1180. The van der Waals surface area contributed by atoms with Crippen LogP contribution in [0, 0.1) is 11.8 Å². The monoisotopic (exact) mass is 570 g/mol. The van der Waals surface area contributed by atoms with E-state index in [9.17, 15) is 19.8 Å². The van der Waals surface area contributed by atoms with Gasteiger partial charge in [0.2, 0.25) is 0 Å². The number of esters is 1. The molecular weight excluding hydrogens is 524 g/mol. The van der Waals surface area contributed by atoms with Gasteiger partial charge in [-0.05, 0) is 56.9 Å². The Morgan fingerprint density at radius 3 is 2.49 bits per heavy atom. The molecule has 0 saturated carbocycles. The van der Waals surface area contributed by atoms with Crippen LogP contribution < -0.4 is 5.32 Å². The van der Waals surface area contributed by atoms with Crippen LogP contribution in [0.25, 0.3) is 0 Å². The van der Waals surface area contributed by atoms with Crippen LogP contribution in [0.1, 0.15) is 66.4 Å². The number of phenolic OH excluding ortho intramolecular Hbond substituents is 2. The van der Waals surface area contributed by atoms with Gasteiger partial charge in [-0.15, -0.1) is 0 Å². The van der Waals surface area contributed by atoms with Crippen molar-refractivity contribution >= 4 is 29.5 Å². The molecule has 9 nitrogen and oxygen atoms in total. The molecule has 1 amide bonds. The number of fused-ring (bicyclic) bond motifs is 2. The third-order valence-electron chi connectivity index (χ3n) is 7.05. The van der Waals surface area contributed by atoms with E-state index in [4.69, 9.17) is 14.2 Å². The molecular formula is C32H46N2O7. The van der Waals surface area contributed by atoms with Crippen molar-refractivity contribution in [3.05, 3.63) is 47.1 Å². The summed E-state index contributed by atoms with van der Waals surface area (Å²) in [5, 5.41) is 24.8. The van der Waals surface area contributed by atoms with E-state index in [1.54, 1.807) is 38.5 Å². The molecule has 0 radical (unpaired) electrons. The maximum Gasteiger partial charge on any atom is 0.303 e. The summed E-state index contributed by atoms with van der Waals surface area (Å²) in [6.07, 6.45) is 9.86. The molecule has 41 heavy (non-hydrogen) atoms. The zero-order valence-corrected chi connectivity index (χ0v) is 25.6. The predicted octanol–water partition coefficient (Wildman–Crippen LogP) is 6.17. The maximum atomic E-state index is 13.0. The van der Waals surface area contributed by atoms with Crippen molar-refractivity contribution in [2.45, 2.75) is 85.5 Å². The lowest BCUT2D eigenvalue weighted by molar-refractivity contribution is -0.149. The summed E-state index contributed by atoms with van der Waals surface area (Å²) in [7, 11) is 3.21. The van der Waals surface area contributed by atoms with Crippen LogP contribution in [0.4, 0.5) is 11.4 Å². The summed E-state index contributed by atoms with van der Waals surface area (Å²) in [6, 6.07) is 1.31. The van der Waals surface area contributed by atoms with E-state index in [0.717, 1.165) is 5.57 Å². The van der Waals surface area contributed by atoms with Crippen LogP contribution in [-0.2, 0) is 30.2 Å². The number of phenols is 2. The summed E-state index contributed by atoms with van der Waals surface area (Å²) in [5.74, 6) is -0.995. The fourth-order valence-corrected chi connectivity index (χ4v) is 5.02. The molecule has 1 heterocycles. The predicted molar refractivity (Wildman–Crippen MR) is 162 cm³/mol. The van der Waals surface area contributed by atoms with E-state index in [1.165, 1.54) is 20.1 Å². The average molecular weight is 571 g/mol. The molecule has 1 aliphatic rings. The average Bonchev–Trinajstić information content (AvgIpc) is 2.91. The van der Waals surface area contributed by atoms with Gasteiger partial charge in [-0.2, -0.15) is 0 Å². The number of carbonyl (C=O) groups excluding carboxylic acids is 2. The topological polar surface area (TPSA) is 127 Å². The molecule has 0 saturated heterocycles. The number of hydrogen-bond acceptors (Lipinski definition) is 8. The Balaban J connectivity index is 2.63. The highest BCUT2D eigenvalue weighted by atomic mass is 16.6. The highest BCUT2D eigenvalue weighted by Crippen LogP contribution is 2.44. The van der Waals surface area contributed by atoms with E-state index in [1.807, 2.05) is 20.8 Å². The number of ether oxygens (including phenoxy) is 3. The molecule has 1 aliphatic heterocycles. The van der Waals surface area contributed by atoms with E-state index in [-0.39, 0.29) is 35.1 Å². The van der Waals surface area contributed by atoms with Crippen LogP contribution in [0.15, 0.2) is 46.5 Å². The zero-order valence-electron chi connectivity index (χ0n) is 25.6. The van der Waals surface area contributed by atoms with E-state index in [2.05, 4.69) is 23.3 Å². The number of allylic oxidation sites excluding steroid dienone is 3. The third kappa shape index (κ3) is 9.86. The SMILES string of the molecule is CCC=Nc1c(O)cc2c(O)c1CC(C)CC(OC)CC(C)C=C(C)C(OC(C)=O)C(OC)C=C/C=C(/C)C(=O)N2. The lowest BCUT2D eigenvalue weighted by Crippen LogP contribution is -2.32. The van der Waals surface area contributed by atoms with Crippen molar-refractivity contribution in [3.8, 4) is 11.5 Å². The van der Waals surface area contributed by atoms with Gasteiger partial charge in [0.15, 0.2) is 6.10 Å². The molecule has 0 fully saturated rings. The summed E-state index contributed by atoms with van der Waals surface area (Å²) < 4.78 is 17.1. The molecule has 1 aromatic carbocycles. The second-order valence-corrected chi connectivity index (χ2v) is 10.8. The van der Waals surface area contributed by atoms with Gasteiger partial charge in [0.25, 0.3) is 5.91 Å². The van der Waals surface area contributed by atoms with Gasteiger partial charge in [0.1, 0.15) is 23.3 Å². The van der Waals surface area contributed by atoms with Crippen LogP contribution in [-0.4, -0.2) is 60.8 Å². The molecule has 0 aliphatic carbocycles. The maximum absolute atomic E-state index is 13.0. The Kier molecular flexibility index (Phi) is 13.3. The molecule has 3 N–H and O–H groups in total. The molecule has 226 valence electrons. The summed E-state index contributed by atoms with van der Waals surface area (Å²) >= 11 is 0. The first-order chi connectivity index (χ1) is 19.4. The largest absolute Gasteiger partial charge is 0.506 e. The molecule has 2 bridgehead atoms. The van der Waals surface area contributed by atoms with Gasteiger partial charge in [-0.1, -0.05) is 45.1 Å². The van der Waals surface area contributed by atoms with Crippen molar-refractivity contribution < 1.29 is 34.0 Å². The molecule has 2 rings (SSSR count). The quantitative estimate of drug-likeness (QED) is 0.127. The number of hydrogen-bond donors (Lipinski definition) is 3. The van der Waals surface area contributed by atoms with Crippen molar-refractivity contribution in [1.29, 1.82) is 0 Å². The van der Waals surface area contributed by atoms with Gasteiger partial charge >= 0.3 is 5.97 Å². The van der Waals surface area contributed by atoms with Crippen molar-refractivity contribution in [2.24, 2.45) is 16.8 Å². The number of anilines is 1. The van der Waals surface area contributed by atoms with Gasteiger partial charge in [-0.25, -0.2) is 0 Å². The molecule has 0 spiro atoms. The summed E-state index contributed by atoms with van der Waals surface area (Å²) in [4.78, 5) is 29.4. The number of rotatable bonds is 5. The second-order valence-electron chi connectivity index (χ2n) is 10.8. The second kappa shape index (κ2) is 16.1. The third-order valence-corrected chi connectivity index (χ3v) is 7.05. The number of benzene rings is 1. The van der Waals surface area contributed by atoms with Crippen molar-refractivity contribution in [3.63, 3.8) is 0 Å². The highest BCUT2D eigenvalue weighted by Gasteiger charge is 2.26. The van der Waals surface area contributed by atoms with Gasteiger partial charge in [0, 0.05) is 44.6 Å². The number of methoxy groups -OCH3 is 2. The first-order valence-corrected chi connectivity index (χ1v) is 14.1. The van der Waals surface area contributed by atoms with Crippen LogP contribution >= 0.6 is 0 Å². The lowest BCUT2D eigenvalue weighted by Gasteiger charge is -2.26. The minimum Gasteiger partial charge on any atom is -0.506 e. The molecule has 1 aromatic rings. The Morgan fingerprint density at radius 1 is 1.17 bits per heavy atom. The fourth-order valence-electron chi connectivity index (χ4n) is 5.02. The van der Waals surface area contributed by atoms with E-state index in [0.29, 0.717) is 42.5 Å². The van der Waals surface area contributed by atoms with Gasteiger partial charge in [-0.3, -0.25) is 14.6 Å². The summed E-state index contributed by atoms with van der Waals surface area (Å²) in [6.45, 7) is 11.0. The first-order valence-electron chi connectivity index (χ1n) is 14.1. The minimum atomic E-state index is -0.649. The number of nitrogens with one attached hydrogen (secondary N) is 1. The lowest BCUT2D eigenvalue weighted by atomic mass is 9.89. The number of amides is 1. The van der Waals surface area contributed by atoms with E-state index >= 15 is 0 Å². The summed E-state index contributed by atoms with van der Waals surface area (Å²) in [5.41, 5.74) is 2.05. The number of nitrogens with zero attached hydrogens (tertiary/aromatic N) is 1. The number of carbonyl (C=O) groups is 2. The highest BCUT2D eigenvalue weighted by molar-refractivity contribution is 6.04. The smallest absolute Gasteiger partial charge is 0.303 e. The standard InChI is InChI=1S/C32H46N2O7/c1-9-13-33-29-25-17-20(3)16-24(39-7)15-19(2)14-22(5)31(41-23(6)35)28(40-8)12-10-11-21(4)32(38)34-26(30(25)37)18-27(29)36/h10-14,18-20,24,28,31,36-37H,9,15-17H2,1-8H3,(H,34,38)/b12-10?,21-11-,22-14?,33-13?. The minimum absolute atomic E-state index is 0.0450. The molecule has 5 atom stereocenters. The number of aliphatic imine (C=N–C) groups is 1. The molecule has 5 unspecified atom stereocenters. The molecule has 0 aromatic heterocycles. The van der Waals surface area contributed by atoms with Crippen molar-refractivity contribution in [2.75, 3.05) is 19.5 Å². The van der Waals surface area contributed by atoms with Crippen LogP contribution in [0.3, 0.4) is 0 Å². The zero-order chi connectivity index (χ0) is 30.7. The Morgan fingerprint density at radius 2 is 1.88 bits per heavy atom. The van der Waals surface area contributed by atoms with E-state index < -0.39 is 24.1 Å².